The molecule has 0 amide bonds. The van der Waals surface area contributed by atoms with Gasteiger partial charge in [-0.15, -0.1) is 6.42 Å². The lowest BCUT2D eigenvalue weighted by Crippen LogP contribution is -2.49. The smallest absolute Gasteiger partial charge is 0.192 e. The summed E-state index contributed by atoms with van der Waals surface area (Å²) in [5.74, 6) is 2.02. The number of hydrogen-bond donors (Lipinski definition) is 0. The molecule has 5 heteroatoms. The normalized spacial score (nSPS) is 30.0. The first-order valence-corrected chi connectivity index (χ1v) is 9.80. The standard InChI is InChI=1S/C24H26O5/c1-4-24(17-25-15-18-11-7-5-8-12-18)21(26-16-19-13-9-6-10-14-19)20-22(29-24)28-23(2,3)27-20/h1,5-14,20-22H,15-17H2,2-3H3/t20?,21?,22-,24+/m0/s1. The molecule has 4 atom stereocenters. The van der Waals surface area contributed by atoms with Crippen molar-refractivity contribution in [2.75, 3.05) is 6.61 Å². The van der Waals surface area contributed by atoms with Gasteiger partial charge in [0.2, 0.25) is 0 Å². The third-order valence-electron chi connectivity index (χ3n) is 5.12. The fraction of sp³-hybridized carbons (Fsp3) is 0.417. The van der Waals surface area contributed by atoms with E-state index in [1.54, 1.807) is 0 Å². The van der Waals surface area contributed by atoms with Crippen molar-refractivity contribution in [3.05, 3.63) is 71.8 Å². The van der Waals surface area contributed by atoms with Crippen molar-refractivity contribution in [2.24, 2.45) is 0 Å². The van der Waals surface area contributed by atoms with Crippen molar-refractivity contribution in [3.8, 4) is 12.3 Å². The Morgan fingerprint density at radius 3 is 2.14 bits per heavy atom. The minimum atomic E-state index is -1.09. The van der Waals surface area contributed by atoms with Crippen LogP contribution in [-0.2, 0) is 36.9 Å². The van der Waals surface area contributed by atoms with Crippen molar-refractivity contribution in [1.82, 2.24) is 0 Å². The van der Waals surface area contributed by atoms with Gasteiger partial charge in [0.15, 0.2) is 17.7 Å². The van der Waals surface area contributed by atoms with Crippen molar-refractivity contribution < 1.29 is 23.7 Å². The highest BCUT2D eigenvalue weighted by Gasteiger charge is 2.62. The topological polar surface area (TPSA) is 46.2 Å². The summed E-state index contributed by atoms with van der Waals surface area (Å²) in [5, 5.41) is 0. The highest BCUT2D eigenvalue weighted by atomic mass is 16.8. The number of terminal acetylenes is 1. The van der Waals surface area contributed by atoms with Gasteiger partial charge >= 0.3 is 0 Å². The summed E-state index contributed by atoms with van der Waals surface area (Å²) in [7, 11) is 0. The summed E-state index contributed by atoms with van der Waals surface area (Å²) in [6.07, 6.45) is 4.39. The molecule has 152 valence electrons. The van der Waals surface area contributed by atoms with E-state index in [0.717, 1.165) is 11.1 Å². The lowest BCUT2D eigenvalue weighted by molar-refractivity contribution is -0.240. The van der Waals surface area contributed by atoms with Crippen molar-refractivity contribution in [2.45, 2.75) is 56.9 Å². The molecular formula is C24H26O5. The fourth-order valence-corrected chi connectivity index (χ4v) is 3.75. The van der Waals surface area contributed by atoms with Gasteiger partial charge in [0.25, 0.3) is 0 Å². The van der Waals surface area contributed by atoms with E-state index in [0.29, 0.717) is 13.2 Å². The highest BCUT2D eigenvalue weighted by Crippen LogP contribution is 2.44. The molecule has 2 aliphatic heterocycles. The summed E-state index contributed by atoms with van der Waals surface area (Å²) in [6.45, 7) is 4.71. The number of rotatable bonds is 7. The maximum Gasteiger partial charge on any atom is 0.192 e. The second-order valence-corrected chi connectivity index (χ2v) is 7.82. The molecule has 0 spiro atoms. The van der Waals surface area contributed by atoms with Crippen LogP contribution in [-0.4, -0.2) is 36.5 Å². The SMILES string of the molecule is C#C[C@]1(COCc2ccccc2)O[C@@H]2OC(C)(C)OC2C1OCc1ccccc1. The van der Waals surface area contributed by atoms with Gasteiger partial charge < -0.3 is 23.7 Å². The first kappa shape index (κ1) is 20.1. The second-order valence-electron chi connectivity index (χ2n) is 7.82. The van der Waals surface area contributed by atoms with E-state index in [2.05, 4.69) is 5.92 Å². The van der Waals surface area contributed by atoms with Gasteiger partial charge in [-0.3, -0.25) is 0 Å². The molecule has 0 saturated carbocycles. The summed E-state index contributed by atoms with van der Waals surface area (Å²) in [5.41, 5.74) is 1.02. The number of ether oxygens (including phenoxy) is 5. The lowest BCUT2D eigenvalue weighted by Gasteiger charge is -2.32. The molecule has 4 rings (SSSR count). The Morgan fingerprint density at radius 1 is 0.897 bits per heavy atom. The van der Waals surface area contributed by atoms with E-state index < -0.39 is 29.9 Å². The Bertz CT molecular complexity index is 845. The van der Waals surface area contributed by atoms with Crippen LogP contribution in [0.3, 0.4) is 0 Å². The Labute approximate surface area is 171 Å². The van der Waals surface area contributed by atoms with E-state index in [1.807, 2.05) is 74.5 Å². The largest absolute Gasteiger partial charge is 0.373 e. The molecule has 2 saturated heterocycles. The molecule has 0 bridgehead atoms. The highest BCUT2D eigenvalue weighted by molar-refractivity contribution is 5.21. The minimum absolute atomic E-state index is 0.179. The van der Waals surface area contributed by atoms with E-state index >= 15 is 0 Å². The van der Waals surface area contributed by atoms with Crippen LogP contribution in [0.5, 0.6) is 0 Å². The van der Waals surface area contributed by atoms with Crippen LogP contribution < -0.4 is 0 Å². The first-order valence-electron chi connectivity index (χ1n) is 9.80. The molecule has 2 fully saturated rings. The van der Waals surface area contributed by atoms with Crippen molar-refractivity contribution in [1.29, 1.82) is 0 Å². The quantitative estimate of drug-likeness (QED) is 0.671. The monoisotopic (exact) mass is 394 g/mol. The Balaban J connectivity index is 1.49. The molecule has 2 aromatic carbocycles. The van der Waals surface area contributed by atoms with E-state index in [1.165, 1.54) is 0 Å². The Kier molecular flexibility index (Phi) is 5.73. The van der Waals surface area contributed by atoms with Crippen LogP contribution in [0.15, 0.2) is 60.7 Å². The van der Waals surface area contributed by atoms with E-state index in [9.17, 15) is 0 Å². The molecule has 2 aliphatic rings. The van der Waals surface area contributed by atoms with Crippen LogP contribution >= 0.6 is 0 Å². The molecule has 0 radical (unpaired) electrons. The van der Waals surface area contributed by atoms with Gasteiger partial charge in [-0.25, -0.2) is 0 Å². The molecule has 0 N–H and O–H groups in total. The van der Waals surface area contributed by atoms with Crippen molar-refractivity contribution >= 4 is 0 Å². The second kappa shape index (κ2) is 8.27. The molecule has 2 aromatic rings. The summed E-state index contributed by atoms with van der Waals surface area (Å²) >= 11 is 0. The van der Waals surface area contributed by atoms with Gasteiger partial charge in [0.05, 0.1) is 19.8 Å². The molecule has 5 nitrogen and oxygen atoms in total. The van der Waals surface area contributed by atoms with Crippen molar-refractivity contribution in [3.63, 3.8) is 0 Å². The average Bonchev–Trinajstić information content (AvgIpc) is 3.17. The zero-order valence-electron chi connectivity index (χ0n) is 16.7. The van der Waals surface area contributed by atoms with Gasteiger partial charge in [-0.2, -0.15) is 0 Å². The lowest BCUT2D eigenvalue weighted by atomic mass is 9.96. The molecule has 0 aliphatic carbocycles. The number of hydrogen-bond acceptors (Lipinski definition) is 5. The molecule has 2 heterocycles. The molecule has 2 unspecified atom stereocenters. The molecule has 29 heavy (non-hydrogen) atoms. The molecule has 0 aromatic heterocycles. The average molecular weight is 394 g/mol. The maximum absolute atomic E-state index is 6.25. The summed E-state index contributed by atoms with van der Waals surface area (Å²) in [4.78, 5) is 0. The minimum Gasteiger partial charge on any atom is -0.373 e. The van der Waals surface area contributed by atoms with Gasteiger partial charge in [0, 0.05) is 0 Å². The summed E-state index contributed by atoms with van der Waals surface area (Å²) in [6, 6.07) is 19.9. The van der Waals surface area contributed by atoms with Crippen LogP contribution in [0.1, 0.15) is 25.0 Å². The predicted octanol–water partition coefficient (Wildman–Crippen LogP) is 3.67. The van der Waals surface area contributed by atoms with Crippen LogP contribution in [0.25, 0.3) is 0 Å². The third kappa shape index (κ3) is 4.37. The van der Waals surface area contributed by atoms with Crippen LogP contribution in [0.2, 0.25) is 0 Å². The zero-order valence-corrected chi connectivity index (χ0v) is 16.7. The first-order chi connectivity index (χ1) is 14.0. The van der Waals surface area contributed by atoms with Crippen LogP contribution in [0.4, 0.5) is 0 Å². The number of benzene rings is 2. The molecular weight excluding hydrogens is 368 g/mol. The fourth-order valence-electron chi connectivity index (χ4n) is 3.75. The zero-order chi connectivity index (χ0) is 20.3. The van der Waals surface area contributed by atoms with Gasteiger partial charge in [0.1, 0.15) is 12.2 Å². The maximum atomic E-state index is 6.25. The predicted molar refractivity (Wildman–Crippen MR) is 108 cm³/mol. The number of fused-ring (bicyclic) bond motifs is 1. The van der Waals surface area contributed by atoms with Gasteiger partial charge in [-0.05, 0) is 25.0 Å². The van der Waals surface area contributed by atoms with E-state index in [-0.39, 0.29) is 6.61 Å². The Hall–Kier alpha value is -2.20. The van der Waals surface area contributed by atoms with Crippen LogP contribution in [0, 0.1) is 12.3 Å². The van der Waals surface area contributed by atoms with Gasteiger partial charge in [-0.1, -0.05) is 66.6 Å². The third-order valence-corrected chi connectivity index (χ3v) is 5.12. The Morgan fingerprint density at radius 2 is 1.52 bits per heavy atom. The summed E-state index contributed by atoms with van der Waals surface area (Å²) < 4.78 is 30.3. The van der Waals surface area contributed by atoms with E-state index in [4.69, 9.17) is 30.1 Å².